The molecule has 8 nitrogen and oxygen atoms in total. The predicted octanol–water partition coefficient (Wildman–Crippen LogP) is 1.80. The van der Waals surface area contributed by atoms with E-state index in [4.69, 9.17) is 9.15 Å². The van der Waals surface area contributed by atoms with Crippen LogP contribution in [0.3, 0.4) is 0 Å². The molecule has 3 heterocycles. The van der Waals surface area contributed by atoms with Crippen molar-refractivity contribution in [1.29, 1.82) is 0 Å². The van der Waals surface area contributed by atoms with Crippen LogP contribution in [-0.2, 0) is 29.0 Å². The highest BCUT2D eigenvalue weighted by atomic mass is 16.5. The monoisotopic (exact) mass is 381 g/mol. The highest BCUT2D eigenvalue weighted by molar-refractivity contribution is 5.95. The number of aryl methyl sites for hydroxylation is 1. The van der Waals surface area contributed by atoms with E-state index in [-0.39, 0.29) is 17.7 Å². The number of esters is 1. The van der Waals surface area contributed by atoms with Crippen molar-refractivity contribution in [1.82, 2.24) is 14.9 Å². The van der Waals surface area contributed by atoms with E-state index in [0.717, 1.165) is 18.7 Å². The molecule has 0 bridgehead atoms. The number of nitrogens with zero attached hydrogens (tertiary/aromatic N) is 2. The maximum absolute atomic E-state index is 12.5. The molecule has 1 aliphatic heterocycles. The summed E-state index contributed by atoms with van der Waals surface area (Å²) in [6, 6.07) is 8.08. The van der Waals surface area contributed by atoms with Gasteiger partial charge >= 0.3 is 5.97 Å². The third-order valence-electron chi connectivity index (χ3n) is 4.72. The molecule has 0 aliphatic carbocycles. The lowest BCUT2D eigenvalue weighted by atomic mass is 10.1. The standard InChI is InChI=1S/C20H19N3O5/c1-12(18(24)21-11-14-4-3-9-27-14)28-20(26)13-6-7-15-16(10-13)22-17-5-2-8-23(17)19(15)25/h3-4,6-7,9-10,12H,2,5,8,11H2,1H3,(H,21,24)/t12-/m1/s1. The van der Waals surface area contributed by atoms with Crippen molar-refractivity contribution in [2.45, 2.75) is 39.0 Å². The van der Waals surface area contributed by atoms with Crippen LogP contribution in [0.15, 0.2) is 45.8 Å². The Kier molecular flexibility index (Phi) is 4.68. The average Bonchev–Trinajstić information content (AvgIpc) is 3.37. The van der Waals surface area contributed by atoms with Gasteiger partial charge in [-0.15, -0.1) is 0 Å². The largest absolute Gasteiger partial charge is 0.467 e. The number of nitrogens with one attached hydrogen (secondary N) is 1. The maximum Gasteiger partial charge on any atom is 0.338 e. The molecule has 0 fully saturated rings. The summed E-state index contributed by atoms with van der Waals surface area (Å²) in [7, 11) is 0. The van der Waals surface area contributed by atoms with Crippen LogP contribution in [0, 0.1) is 0 Å². The number of ether oxygens (including phenoxy) is 1. The maximum atomic E-state index is 12.5. The minimum Gasteiger partial charge on any atom is -0.467 e. The van der Waals surface area contributed by atoms with Gasteiger partial charge in [-0.1, -0.05) is 0 Å². The molecule has 8 heteroatoms. The molecule has 1 aromatic carbocycles. The summed E-state index contributed by atoms with van der Waals surface area (Å²) in [6.07, 6.45) is 2.17. The smallest absolute Gasteiger partial charge is 0.338 e. The number of aromatic nitrogens is 2. The lowest BCUT2D eigenvalue weighted by molar-refractivity contribution is -0.129. The Morgan fingerprint density at radius 3 is 3.00 bits per heavy atom. The van der Waals surface area contributed by atoms with Crippen LogP contribution in [-0.4, -0.2) is 27.5 Å². The summed E-state index contributed by atoms with van der Waals surface area (Å²) in [5.41, 5.74) is 0.610. The minimum absolute atomic E-state index is 0.0944. The van der Waals surface area contributed by atoms with Crippen LogP contribution >= 0.6 is 0 Å². The third-order valence-corrected chi connectivity index (χ3v) is 4.72. The summed E-state index contributed by atoms with van der Waals surface area (Å²) >= 11 is 0. The second kappa shape index (κ2) is 7.30. The second-order valence-corrected chi connectivity index (χ2v) is 6.67. The fraction of sp³-hybridized carbons (Fsp3) is 0.300. The zero-order chi connectivity index (χ0) is 19.7. The van der Waals surface area contributed by atoms with Gasteiger partial charge in [0.1, 0.15) is 11.6 Å². The van der Waals surface area contributed by atoms with Crippen LogP contribution in [0.2, 0.25) is 0 Å². The van der Waals surface area contributed by atoms with Gasteiger partial charge in [-0.2, -0.15) is 0 Å². The van der Waals surface area contributed by atoms with Gasteiger partial charge in [0.15, 0.2) is 6.10 Å². The number of benzene rings is 1. The molecule has 0 saturated heterocycles. The molecule has 0 saturated carbocycles. The van der Waals surface area contributed by atoms with Crippen molar-refractivity contribution in [3.8, 4) is 0 Å². The zero-order valence-electron chi connectivity index (χ0n) is 15.3. The van der Waals surface area contributed by atoms with Crippen molar-refractivity contribution in [3.63, 3.8) is 0 Å². The first-order valence-electron chi connectivity index (χ1n) is 9.07. The number of fused-ring (bicyclic) bond motifs is 2. The van der Waals surface area contributed by atoms with Gasteiger partial charge in [0.05, 0.1) is 29.3 Å². The summed E-state index contributed by atoms with van der Waals surface area (Å²) in [5.74, 6) is 0.254. The summed E-state index contributed by atoms with van der Waals surface area (Å²) in [5, 5.41) is 3.10. The van der Waals surface area contributed by atoms with Crippen LogP contribution in [0.4, 0.5) is 0 Å². The molecule has 4 rings (SSSR count). The van der Waals surface area contributed by atoms with Gasteiger partial charge < -0.3 is 14.5 Å². The van der Waals surface area contributed by atoms with E-state index in [2.05, 4.69) is 10.3 Å². The number of furan rings is 1. The molecule has 28 heavy (non-hydrogen) atoms. The Morgan fingerprint density at radius 1 is 1.36 bits per heavy atom. The van der Waals surface area contributed by atoms with Crippen molar-refractivity contribution in [2.75, 3.05) is 0 Å². The van der Waals surface area contributed by atoms with Crippen molar-refractivity contribution >= 4 is 22.8 Å². The molecular formula is C20H19N3O5. The highest BCUT2D eigenvalue weighted by Crippen LogP contribution is 2.17. The molecule has 1 atom stereocenters. The first kappa shape index (κ1) is 18.0. The number of amides is 1. The van der Waals surface area contributed by atoms with E-state index in [1.807, 2.05) is 0 Å². The van der Waals surface area contributed by atoms with E-state index in [1.165, 1.54) is 25.3 Å². The van der Waals surface area contributed by atoms with Gasteiger partial charge in [0.25, 0.3) is 11.5 Å². The Hall–Kier alpha value is -3.42. The van der Waals surface area contributed by atoms with E-state index in [0.29, 0.717) is 23.2 Å². The molecule has 1 aliphatic rings. The van der Waals surface area contributed by atoms with E-state index in [1.54, 1.807) is 22.8 Å². The van der Waals surface area contributed by atoms with Crippen LogP contribution in [0.5, 0.6) is 0 Å². The molecule has 1 amide bonds. The van der Waals surface area contributed by atoms with Gasteiger partial charge in [-0.05, 0) is 43.7 Å². The minimum atomic E-state index is -0.975. The summed E-state index contributed by atoms with van der Waals surface area (Å²) in [4.78, 5) is 41.5. The highest BCUT2D eigenvalue weighted by Gasteiger charge is 2.21. The Balaban J connectivity index is 1.47. The molecule has 0 unspecified atom stereocenters. The van der Waals surface area contributed by atoms with E-state index in [9.17, 15) is 14.4 Å². The van der Waals surface area contributed by atoms with Crippen LogP contribution in [0.1, 0.15) is 35.3 Å². The van der Waals surface area contributed by atoms with Crippen LogP contribution in [0.25, 0.3) is 10.9 Å². The van der Waals surface area contributed by atoms with E-state index >= 15 is 0 Å². The lowest BCUT2D eigenvalue weighted by Crippen LogP contribution is -2.35. The Morgan fingerprint density at radius 2 is 2.21 bits per heavy atom. The average molecular weight is 381 g/mol. The first-order chi connectivity index (χ1) is 13.5. The normalized spacial score (nSPS) is 13.9. The fourth-order valence-corrected chi connectivity index (χ4v) is 3.22. The first-order valence-corrected chi connectivity index (χ1v) is 9.07. The molecule has 3 aromatic rings. The van der Waals surface area contributed by atoms with Crippen molar-refractivity contribution < 1.29 is 18.7 Å². The van der Waals surface area contributed by atoms with Gasteiger partial charge in [-0.25, -0.2) is 9.78 Å². The lowest BCUT2D eigenvalue weighted by Gasteiger charge is -2.13. The predicted molar refractivity (Wildman–Crippen MR) is 99.8 cm³/mol. The fourth-order valence-electron chi connectivity index (χ4n) is 3.22. The van der Waals surface area contributed by atoms with Gasteiger partial charge in [0, 0.05) is 13.0 Å². The SMILES string of the molecule is C[C@@H](OC(=O)c1ccc2c(=O)n3c(nc2c1)CCC3)C(=O)NCc1ccco1. The Bertz CT molecular complexity index is 1100. The van der Waals surface area contributed by atoms with Gasteiger partial charge in [-0.3, -0.25) is 14.2 Å². The van der Waals surface area contributed by atoms with E-state index < -0.39 is 18.0 Å². The topological polar surface area (TPSA) is 103 Å². The number of hydrogen-bond donors (Lipinski definition) is 1. The molecule has 2 aromatic heterocycles. The molecule has 1 N–H and O–H groups in total. The quantitative estimate of drug-likeness (QED) is 0.676. The summed E-state index contributed by atoms with van der Waals surface area (Å²) < 4.78 is 12.1. The number of hydrogen-bond acceptors (Lipinski definition) is 6. The number of rotatable bonds is 5. The van der Waals surface area contributed by atoms with Crippen molar-refractivity contribution in [3.05, 3.63) is 64.1 Å². The van der Waals surface area contributed by atoms with Crippen molar-refractivity contribution in [2.24, 2.45) is 0 Å². The molecule has 0 radical (unpaired) electrons. The second-order valence-electron chi connectivity index (χ2n) is 6.67. The number of carbonyl (C=O) groups excluding carboxylic acids is 2. The summed E-state index contributed by atoms with van der Waals surface area (Å²) in [6.45, 7) is 2.38. The number of carbonyl (C=O) groups is 2. The van der Waals surface area contributed by atoms with Gasteiger partial charge in [0.2, 0.25) is 0 Å². The Labute approximate surface area is 160 Å². The molecule has 0 spiro atoms. The zero-order valence-corrected chi connectivity index (χ0v) is 15.3. The third kappa shape index (κ3) is 3.40. The molecule has 144 valence electrons. The molecular weight excluding hydrogens is 362 g/mol. The van der Waals surface area contributed by atoms with Crippen LogP contribution < -0.4 is 10.9 Å².